The van der Waals surface area contributed by atoms with Crippen molar-refractivity contribution in [2.24, 2.45) is 0 Å². The summed E-state index contributed by atoms with van der Waals surface area (Å²) in [6.07, 6.45) is 2.78. The lowest BCUT2D eigenvalue weighted by atomic mass is 9.93. The molecule has 9 heteroatoms. The zero-order valence-electron chi connectivity index (χ0n) is 17.0. The molecule has 164 valence electrons. The summed E-state index contributed by atoms with van der Waals surface area (Å²) < 4.78 is 38.4. The first kappa shape index (κ1) is 22.5. The van der Waals surface area contributed by atoms with E-state index < -0.39 is 11.7 Å². The van der Waals surface area contributed by atoms with E-state index >= 15 is 0 Å². The molecule has 1 heterocycles. The molecule has 0 bridgehead atoms. The predicted octanol–water partition coefficient (Wildman–Crippen LogP) is 3.92. The summed E-state index contributed by atoms with van der Waals surface area (Å²) in [5, 5.41) is 5.54. The lowest BCUT2D eigenvalue weighted by molar-refractivity contribution is -0.137. The molecular formula is C22H23F3N4O2. The fourth-order valence-corrected chi connectivity index (χ4v) is 3.35. The molecular weight excluding hydrogens is 409 g/mol. The molecule has 0 fully saturated rings. The Balaban J connectivity index is 1.57. The van der Waals surface area contributed by atoms with E-state index in [9.17, 15) is 22.8 Å². The van der Waals surface area contributed by atoms with Gasteiger partial charge < -0.3 is 5.32 Å². The number of hydrogen-bond donors (Lipinski definition) is 2. The molecule has 0 saturated carbocycles. The molecule has 2 aromatic rings. The Labute approximate surface area is 178 Å². The molecule has 1 unspecified atom stereocenters. The Hall–Kier alpha value is -3.23. The second-order valence-corrected chi connectivity index (χ2v) is 7.37. The largest absolute Gasteiger partial charge is 0.416 e. The first-order valence-electron chi connectivity index (χ1n) is 10.0. The van der Waals surface area contributed by atoms with E-state index in [2.05, 4.69) is 20.6 Å². The van der Waals surface area contributed by atoms with Gasteiger partial charge in [0, 0.05) is 30.4 Å². The first-order chi connectivity index (χ1) is 14.7. The molecule has 1 atom stereocenters. The highest BCUT2D eigenvalue weighted by Crippen LogP contribution is 2.29. The summed E-state index contributed by atoms with van der Waals surface area (Å²) in [5.74, 6) is -0.227. The van der Waals surface area contributed by atoms with Crippen LogP contribution in [0, 0.1) is 0 Å². The topological polar surface area (TPSA) is 84.0 Å². The van der Waals surface area contributed by atoms with Crippen LogP contribution in [0.1, 0.15) is 48.6 Å². The minimum atomic E-state index is -4.43. The number of anilines is 1. The number of amides is 2. The smallest absolute Gasteiger partial charge is 0.349 e. The number of aryl methyl sites for hydroxylation is 1. The van der Waals surface area contributed by atoms with Crippen molar-refractivity contribution in [2.75, 3.05) is 5.32 Å². The lowest BCUT2D eigenvalue weighted by Gasteiger charge is -2.24. The van der Waals surface area contributed by atoms with E-state index in [0.29, 0.717) is 31.2 Å². The van der Waals surface area contributed by atoms with Gasteiger partial charge in [0.1, 0.15) is 0 Å². The zero-order chi connectivity index (χ0) is 22.4. The molecule has 0 saturated heterocycles. The number of alkyl halides is 3. The normalized spacial score (nSPS) is 16.1. The Morgan fingerprint density at radius 3 is 2.84 bits per heavy atom. The summed E-state index contributed by atoms with van der Waals surface area (Å²) in [5.41, 5.74) is 1.27. The average molecular weight is 432 g/mol. The molecule has 0 radical (unpaired) electrons. The van der Waals surface area contributed by atoms with Crippen LogP contribution in [0.15, 0.2) is 36.5 Å². The molecule has 6 nitrogen and oxygen atoms in total. The van der Waals surface area contributed by atoms with Crippen molar-refractivity contribution in [3.63, 3.8) is 0 Å². The number of aromatic nitrogens is 2. The first-order valence-corrected chi connectivity index (χ1v) is 10.0. The molecule has 2 amide bonds. The summed E-state index contributed by atoms with van der Waals surface area (Å²) in [7, 11) is 0. The molecule has 3 rings (SSSR count). The van der Waals surface area contributed by atoms with E-state index in [0.717, 1.165) is 29.8 Å². The third kappa shape index (κ3) is 6.37. The summed E-state index contributed by atoms with van der Waals surface area (Å²) in [6.45, 7) is 1.91. The molecule has 0 spiro atoms. The molecule has 1 aliphatic carbocycles. The van der Waals surface area contributed by atoms with E-state index in [-0.39, 0.29) is 23.8 Å². The second kappa shape index (κ2) is 9.72. The van der Waals surface area contributed by atoms with Crippen molar-refractivity contribution in [2.45, 2.75) is 51.2 Å². The van der Waals surface area contributed by atoms with Crippen molar-refractivity contribution in [1.82, 2.24) is 15.3 Å². The number of fused-ring (bicyclic) bond motifs is 1. The number of benzene rings is 1. The second-order valence-electron chi connectivity index (χ2n) is 7.37. The predicted molar refractivity (Wildman–Crippen MR) is 110 cm³/mol. The third-order valence-electron chi connectivity index (χ3n) is 4.87. The SMILES string of the molecule is CCCC(=O)Nc1ncc2c(n1)CCC(NC(=O)C=Cc1cccc(C(F)(F)F)c1)C2. The van der Waals surface area contributed by atoms with Gasteiger partial charge in [0.15, 0.2) is 0 Å². The lowest BCUT2D eigenvalue weighted by Crippen LogP contribution is -2.38. The molecule has 1 aliphatic rings. The van der Waals surface area contributed by atoms with Gasteiger partial charge in [-0.1, -0.05) is 19.1 Å². The summed E-state index contributed by atoms with van der Waals surface area (Å²) in [4.78, 5) is 32.5. The van der Waals surface area contributed by atoms with Gasteiger partial charge in [-0.2, -0.15) is 13.2 Å². The van der Waals surface area contributed by atoms with Crippen molar-refractivity contribution < 1.29 is 22.8 Å². The highest BCUT2D eigenvalue weighted by atomic mass is 19.4. The number of carbonyl (C=O) groups is 2. The van der Waals surface area contributed by atoms with Gasteiger partial charge in [-0.3, -0.25) is 14.9 Å². The van der Waals surface area contributed by atoms with Crippen LogP contribution in [0.4, 0.5) is 19.1 Å². The van der Waals surface area contributed by atoms with E-state index in [1.54, 1.807) is 6.20 Å². The van der Waals surface area contributed by atoms with Crippen LogP contribution in [0.2, 0.25) is 0 Å². The number of halogens is 3. The number of carbonyl (C=O) groups excluding carboxylic acids is 2. The third-order valence-corrected chi connectivity index (χ3v) is 4.87. The summed E-state index contributed by atoms with van der Waals surface area (Å²) in [6, 6.07) is 4.66. The van der Waals surface area contributed by atoms with Crippen molar-refractivity contribution in [1.29, 1.82) is 0 Å². The quantitative estimate of drug-likeness (QED) is 0.678. The minimum absolute atomic E-state index is 0.129. The Bertz CT molecular complexity index is 989. The minimum Gasteiger partial charge on any atom is -0.349 e. The van der Waals surface area contributed by atoms with Gasteiger partial charge >= 0.3 is 6.18 Å². The molecule has 1 aromatic heterocycles. The van der Waals surface area contributed by atoms with Crippen LogP contribution >= 0.6 is 0 Å². The van der Waals surface area contributed by atoms with Gasteiger partial charge in [-0.05, 0) is 55.0 Å². The Morgan fingerprint density at radius 1 is 1.29 bits per heavy atom. The van der Waals surface area contributed by atoms with Crippen LogP contribution in [0.5, 0.6) is 0 Å². The molecule has 31 heavy (non-hydrogen) atoms. The van der Waals surface area contributed by atoms with Crippen LogP contribution in [-0.2, 0) is 28.6 Å². The molecule has 1 aromatic carbocycles. The number of nitrogens with zero attached hydrogens (tertiary/aromatic N) is 2. The molecule has 0 aliphatic heterocycles. The fourth-order valence-electron chi connectivity index (χ4n) is 3.35. The standard InChI is InChI=1S/C22H23F3N4O2/c1-2-4-19(30)29-21-26-13-15-12-17(8-9-18(15)28-21)27-20(31)10-7-14-5-3-6-16(11-14)22(23,24)25/h3,5-7,10-11,13,17H,2,4,8-9,12H2,1H3,(H,27,31)(H,26,28,29,30). The van der Waals surface area contributed by atoms with Crippen LogP contribution in [0.25, 0.3) is 6.08 Å². The van der Waals surface area contributed by atoms with Crippen LogP contribution in [0.3, 0.4) is 0 Å². The Kier molecular flexibility index (Phi) is 7.04. The maximum Gasteiger partial charge on any atom is 0.416 e. The van der Waals surface area contributed by atoms with Crippen LogP contribution < -0.4 is 10.6 Å². The van der Waals surface area contributed by atoms with Crippen molar-refractivity contribution in [3.8, 4) is 0 Å². The van der Waals surface area contributed by atoms with E-state index in [4.69, 9.17) is 0 Å². The maximum absolute atomic E-state index is 12.8. The van der Waals surface area contributed by atoms with Gasteiger partial charge in [0.2, 0.25) is 17.8 Å². The highest BCUT2D eigenvalue weighted by molar-refractivity contribution is 5.92. The zero-order valence-corrected chi connectivity index (χ0v) is 17.0. The van der Waals surface area contributed by atoms with Gasteiger partial charge in [0.05, 0.1) is 5.56 Å². The number of nitrogens with one attached hydrogen (secondary N) is 2. The maximum atomic E-state index is 12.8. The monoisotopic (exact) mass is 432 g/mol. The highest BCUT2D eigenvalue weighted by Gasteiger charge is 2.30. The van der Waals surface area contributed by atoms with Crippen molar-refractivity contribution in [3.05, 3.63) is 58.9 Å². The summed E-state index contributed by atoms with van der Waals surface area (Å²) >= 11 is 0. The number of hydrogen-bond acceptors (Lipinski definition) is 4. The molecule has 2 N–H and O–H groups in total. The van der Waals surface area contributed by atoms with Gasteiger partial charge in [-0.25, -0.2) is 9.97 Å². The fraction of sp³-hybridized carbons (Fsp3) is 0.364. The van der Waals surface area contributed by atoms with E-state index in [1.807, 2.05) is 6.92 Å². The Morgan fingerprint density at radius 2 is 2.10 bits per heavy atom. The van der Waals surface area contributed by atoms with Gasteiger partial charge in [0.25, 0.3) is 0 Å². The van der Waals surface area contributed by atoms with E-state index in [1.165, 1.54) is 24.3 Å². The number of rotatable bonds is 6. The van der Waals surface area contributed by atoms with Crippen molar-refractivity contribution >= 4 is 23.8 Å². The van der Waals surface area contributed by atoms with Gasteiger partial charge in [-0.15, -0.1) is 0 Å². The average Bonchev–Trinajstić information content (AvgIpc) is 2.72. The van der Waals surface area contributed by atoms with Crippen LogP contribution in [-0.4, -0.2) is 27.8 Å².